The summed E-state index contributed by atoms with van der Waals surface area (Å²) in [6.07, 6.45) is 0. The molecule has 0 saturated heterocycles. The molecule has 0 bridgehead atoms. The van der Waals surface area contributed by atoms with Gasteiger partial charge in [0, 0.05) is 11.3 Å². The first kappa shape index (κ1) is 10.1. The minimum Gasteiger partial charge on any atom is -0.384 e. The molecule has 0 radical (unpaired) electrons. The van der Waals surface area contributed by atoms with Crippen molar-refractivity contribution in [3.8, 4) is 0 Å². The second-order valence-corrected chi connectivity index (χ2v) is 3.97. The van der Waals surface area contributed by atoms with Gasteiger partial charge in [-0.05, 0) is 24.8 Å². The summed E-state index contributed by atoms with van der Waals surface area (Å²) in [5.74, 6) is 1.08. The molecule has 0 aliphatic heterocycles. The Morgan fingerprint density at radius 1 is 1.62 bits per heavy atom. The first-order chi connectivity index (χ1) is 6.13. The van der Waals surface area contributed by atoms with Crippen molar-refractivity contribution in [2.45, 2.75) is 18.9 Å². The number of aryl methyl sites for hydroxylation is 1. The van der Waals surface area contributed by atoms with E-state index in [0.717, 1.165) is 22.0 Å². The normalized spacial score (nSPS) is 10.0. The lowest BCUT2D eigenvalue weighted by molar-refractivity contribution is 1.06. The Bertz CT molecular complexity index is 323. The van der Waals surface area contributed by atoms with Crippen LogP contribution >= 0.6 is 11.8 Å². The maximum Gasteiger partial charge on any atom is 0.122 e. The Balaban J connectivity index is 3.03. The third-order valence-electron chi connectivity index (χ3n) is 1.53. The molecule has 0 fully saturated rings. The van der Waals surface area contributed by atoms with Crippen LogP contribution in [0.5, 0.6) is 0 Å². The summed E-state index contributed by atoms with van der Waals surface area (Å²) in [5.41, 5.74) is 7.05. The monoisotopic (exact) mass is 195 g/mol. The van der Waals surface area contributed by atoms with Crippen molar-refractivity contribution in [3.05, 3.63) is 23.4 Å². The Morgan fingerprint density at radius 3 is 2.85 bits per heavy atom. The first-order valence-corrected chi connectivity index (χ1v) is 5.08. The molecule has 0 aromatic carbocycles. The molecular formula is C9H13N3S. The molecule has 0 atom stereocenters. The predicted octanol–water partition coefficient (Wildman–Crippen LogP) is 1.79. The van der Waals surface area contributed by atoms with Crippen LogP contribution in [0, 0.1) is 12.3 Å². The van der Waals surface area contributed by atoms with Gasteiger partial charge in [-0.1, -0.05) is 6.92 Å². The molecule has 0 aliphatic rings. The van der Waals surface area contributed by atoms with Gasteiger partial charge in [-0.2, -0.15) is 0 Å². The second kappa shape index (κ2) is 4.28. The van der Waals surface area contributed by atoms with E-state index in [0.29, 0.717) is 0 Å². The molecule has 1 heterocycles. The van der Waals surface area contributed by atoms with E-state index in [1.54, 1.807) is 11.8 Å². The van der Waals surface area contributed by atoms with Crippen LogP contribution in [0.25, 0.3) is 0 Å². The van der Waals surface area contributed by atoms with E-state index in [9.17, 15) is 0 Å². The molecule has 3 nitrogen and oxygen atoms in total. The molecule has 3 N–H and O–H groups in total. The van der Waals surface area contributed by atoms with E-state index < -0.39 is 0 Å². The summed E-state index contributed by atoms with van der Waals surface area (Å²) >= 11 is 1.66. The maximum atomic E-state index is 7.30. The fourth-order valence-corrected chi connectivity index (χ4v) is 1.73. The van der Waals surface area contributed by atoms with E-state index in [1.807, 2.05) is 19.1 Å². The molecule has 4 heteroatoms. The Kier molecular flexibility index (Phi) is 3.31. The smallest absolute Gasteiger partial charge is 0.122 e. The van der Waals surface area contributed by atoms with Gasteiger partial charge in [-0.3, -0.25) is 5.41 Å². The highest BCUT2D eigenvalue weighted by molar-refractivity contribution is 7.99. The van der Waals surface area contributed by atoms with Crippen LogP contribution in [0.2, 0.25) is 0 Å². The van der Waals surface area contributed by atoms with Crippen molar-refractivity contribution in [2.75, 3.05) is 5.75 Å². The third kappa shape index (κ3) is 2.73. The fraction of sp³-hybridized carbons (Fsp3) is 0.333. The summed E-state index contributed by atoms with van der Waals surface area (Å²) in [5, 5.41) is 8.24. The SMILES string of the molecule is CCSc1cc(C(=N)N)cc(C)n1. The molecule has 0 amide bonds. The topological polar surface area (TPSA) is 62.8 Å². The van der Waals surface area contributed by atoms with Crippen LogP contribution in [0.15, 0.2) is 17.2 Å². The van der Waals surface area contributed by atoms with Gasteiger partial charge in [0.2, 0.25) is 0 Å². The van der Waals surface area contributed by atoms with Gasteiger partial charge >= 0.3 is 0 Å². The lowest BCUT2D eigenvalue weighted by Crippen LogP contribution is -2.11. The van der Waals surface area contributed by atoms with Gasteiger partial charge in [0.15, 0.2) is 0 Å². The van der Waals surface area contributed by atoms with E-state index in [-0.39, 0.29) is 5.84 Å². The van der Waals surface area contributed by atoms with Crippen molar-refractivity contribution < 1.29 is 0 Å². The van der Waals surface area contributed by atoms with Crippen molar-refractivity contribution in [1.29, 1.82) is 5.41 Å². The van der Waals surface area contributed by atoms with E-state index in [1.165, 1.54) is 0 Å². The molecule has 0 spiro atoms. The first-order valence-electron chi connectivity index (χ1n) is 4.09. The number of hydrogen-bond acceptors (Lipinski definition) is 3. The minimum atomic E-state index is 0.100. The largest absolute Gasteiger partial charge is 0.384 e. The van der Waals surface area contributed by atoms with Crippen molar-refractivity contribution >= 4 is 17.6 Å². The summed E-state index contributed by atoms with van der Waals surface area (Å²) in [4.78, 5) is 4.32. The number of nitrogens with two attached hydrogens (primary N) is 1. The van der Waals surface area contributed by atoms with Crippen LogP contribution in [0.3, 0.4) is 0 Å². The zero-order valence-corrected chi connectivity index (χ0v) is 8.61. The predicted molar refractivity (Wildman–Crippen MR) is 56.4 cm³/mol. The van der Waals surface area contributed by atoms with E-state index in [4.69, 9.17) is 11.1 Å². The van der Waals surface area contributed by atoms with Crippen LogP contribution in [0.4, 0.5) is 0 Å². The van der Waals surface area contributed by atoms with E-state index in [2.05, 4.69) is 11.9 Å². The number of nitrogens with zero attached hydrogens (tertiary/aromatic N) is 1. The molecule has 1 aromatic heterocycles. The Labute approximate surface area is 82.3 Å². The summed E-state index contributed by atoms with van der Waals surface area (Å²) < 4.78 is 0. The quantitative estimate of drug-likeness (QED) is 0.439. The highest BCUT2D eigenvalue weighted by Gasteiger charge is 2.01. The number of hydrogen-bond donors (Lipinski definition) is 2. The van der Waals surface area contributed by atoms with Gasteiger partial charge in [-0.15, -0.1) is 11.8 Å². The fourth-order valence-electron chi connectivity index (χ4n) is 1.02. The van der Waals surface area contributed by atoms with Crippen molar-refractivity contribution in [2.24, 2.45) is 5.73 Å². The minimum absolute atomic E-state index is 0.100. The maximum absolute atomic E-state index is 7.30. The zero-order chi connectivity index (χ0) is 9.84. The summed E-state index contributed by atoms with van der Waals surface area (Å²) in [6, 6.07) is 3.67. The average molecular weight is 195 g/mol. The van der Waals surface area contributed by atoms with E-state index >= 15 is 0 Å². The number of rotatable bonds is 3. The molecule has 0 unspecified atom stereocenters. The highest BCUT2D eigenvalue weighted by Crippen LogP contribution is 2.16. The number of pyridine rings is 1. The standard InChI is InChI=1S/C9H13N3S/c1-3-13-8-5-7(9(10)11)4-6(2)12-8/h4-5H,3H2,1-2H3,(H3,10,11). The molecule has 0 saturated carbocycles. The lowest BCUT2D eigenvalue weighted by Gasteiger charge is -2.03. The molecule has 70 valence electrons. The van der Waals surface area contributed by atoms with Gasteiger partial charge in [0.1, 0.15) is 5.84 Å². The van der Waals surface area contributed by atoms with Crippen molar-refractivity contribution in [3.63, 3.8) is 0 Å². The number of nitrogens with one attached hydrogen (secondary N) is 1. The average Bonchev–Trinajstić information content (AvgIpc) is 2.03. The highest BCUT2D eigenvalue weighted by atomic mass is 32.2. The lowest BCUT2D eigenvalue weighted by atomic mass is 10.2. The third-order valence-corrected chi connectivity index (χ3v) is 2.33. The van der Waals surface area contributed by atoms with Gasteiger partial charge in [0.05, 0.1) is 5.03 Å². The van der Waals surface area contributed by atoms with Gasteiger partial charge < -0.3 is 5.73 Å². The van der Waals surface area contributed by atoms with Crippen LogP contribution in [0.1, 0.15) is 18.2 Å². The molecule has 0 aliphatic carbocycles. The van der Waals surface area contributed by atoms with Crippen LogP contribution < -0.4 is 5.73 Å². The summed E-state index contributed by atoms with van der Waals surface area (Å²) in [7, 11) is 0. The molecular weight excluding hydrogens is 182 g/mol. The van der Waals surface area contributed by atoms with Gasteiger partial charge in [-0.25, -0.2) is 4.98 Å². The molecule has 1 rings (SSSR count). The van der Waals surface area contributed by atoms with Crippen LogP contribution in [-0.4, -0.2) is 16.6 Å². The van der Waals surface area contributed by atoms with Gasteiger partial charge in [0.25, 0.3) is 0 Å². The zero-order valence-electron chi connectivity index (χ0n) is 7.79. The molecule has 1 aromatic rings. The summed E-state index contributed by atoms with van der Waals surface area (Å²) in [6.45, 7) is 3.98. The number of aromatic nitrogens is 1. The van der Waals surface area contributed by atoms with Crippen LogP contribution in [-0.2, 0) is 0 Å². The number of thioether (sulfide) groups is 1. The Hall–Kier alpha value is -1.03. The molecule has 13 heavy (non-hydrogen) atoms. The number of amidine groups is 1. The Morgan fingerprint density at radius 2 is 2.31 bits per heavy atom. The second-order valence-electron chi connectivity index (χ2n) is 2.68. The number of nitrogen functional groups attached to an aromatic ring is 1. The van der Waals surface area contributed by atoms with Crippen molar-refractivity contribution in [1.82, 2.24) is 4.98 Å².